The second kappa shape index (κ2) is 8.32. The Morgan fingerprint density at radius 2 is 1.77 bits per heavy atom. The number of hydrogen-bond acceptors (Lipinski definition) is 4. The number of rotatable bonds is 6. The lowest BCUT2D eigenvalue weighted by atomic mass is 10.0. The predicted octanol–water partition coefficient (Wildman–Crippen LogP) is 4.82. The largest absolute Gasteiger partial charge is 0.348 e. The number of aryl methyl sites for hydroxylation is 1. The standard InChI is InChI=1S/C24H23N3O2S/c1-16(2)17-9-5-7-12-20(17)27-23(29)18-10-4-6-11-19(18)25-24(27)30-15-22(28)21-13-8-14-26(21)3/h4-14,16H,15H2,1-3H3. The summed E-state index contributed by atoms with van der Waals surface area (Å²) in [4.78, 5) is 30.9. The van der Waals surface area contributed by atoms with Gasteiger partial charge in [0.25, 0.3) is 5.56 Å². The molecule has 2 aromatic carbocycles. The van der Waals surface area contributed by atoms with Crippen molar-refractivity contribution in [3.63, 3.8) is 0 Å². The van der Waals surface area contributed by atoms with Crippen LogP contribution in [0.5, 0.6) is 0 Å². The molecule has 0 fully saturated rings. The number of para-hydroxylation sites is 2. The minimum Gasteiger partial charge on any atom is -0.348 e. The molecule has 4 aromatic rings. The van der Waals surface area contributed by atoms with Crippen molar-refractivity contribution in [3.8, 4) is 5.69 Å². The quantitative estimate of drug-likeness (QED) is 0.256. The van der Waals surface area contributed by atoms with Crippen LogP contribution in [-0.4, -0.2) is 25.7 Å². The highest BCUT2D eigenvalue weighted by molar-refractivity contribution is 7.99. The number of nitrogens with zero attached hydrogens (tertiary/aromatic N) is 3. The summed E-state index contributed by atoms with van der Waals surface area (Å²) < 4.78 is 3.46. The van der Waals surface area contributed by atoms with Crippen molar-refractivity contribution in [3.05, 3.63) is 88.5 Å². The van der Waals surface area contributed by atoms with Gasteiger partial charge >= 0.3 is 0 Å². The van der Waals surface area contributed by atoms with Crippen LogP contribution in [0.1, 0.15) is 35.8 Å². The van der Waals surface area contributed by atoms with Crippen LogP contribution in [0.2, 0.25) is 0 Å². The molecule has 0 saturated carbocycles. The van der Waals surface area contributed by atoms with E-state index in [-0.39, 0.29) is 23.0 Å². The van der Waals surface area contributed by atoms with Crippen molar-refractivity contribution in [2.75, 3.05) is 5.75 Å². The molecule has 2 heterocycles. The van der Waals surface area contributed by atoms with E-state index in [4.69, 9.17) is 4.98 Å². The smallest absolute Gasteiger partial charge is 0.266 e. The SMILES string of the molecule is CC(C)c1ccccc1-n1c(SCC(=O)c2cccn2C)nc2ccccc2c1=O. The van der Waals surface area contributed by atoms with E-state index in [1.165, 1.54) is 11.8 Å². The first-order chi connectivity index (χ1) is 14.5. The molecule has 0 aliphatic carbocycles. The Bertz CT molecular complexity index is 1290. The first kappa shape index (κ1) is 20.2. The molecule has 0 spiro atoms. The fraction of sp³-hybridized carbons (Fsp3) is 0.208. The van der Waals surface area contributed by atoms with Crippen LogP contribution in [0.15, 0.2) is 76.8 Å². The van der Waals surface area contributed by atoms with Crippen LogP contribution in [0.3, 0.4) is 0 Å². The molecule has 0 radical (unpaired) electrons. The first-order valence-electron chi connectivity index (χ1n) is 9.86. The van der Waals surface area contributed by atoms with Gasteiger partial charge in [0.1, 0.15) is 0 Å². The zero-order chi connectivity index (χ0) is 21.3. The highest BCUT2D eigenvalue weighted by Gasteiger charge is 2.18. The molecule has 5 nitrogen and oxygen atoms in total. The van der Waals surface area contributed by atoms with Crippen LogP contribution in [0, 0.1) is 0 Å². The molecule has 0 aliphatic rings. The van der Waals surface area contributed by atoms with Crippen LogP contribution < -0.4 is 5.56 Å². The van der Waals surface area contributed by atoms with Gasteiger partial charge in [-0.25, -0.2) is 4.98 Å². The van der Waals surface area contributed by atoms with Gasteiger partial charge in [0.15, 0.2) is 10.9 Å². The Labute approximate surface area is 179 Å². The van der Waals surface area contributed by atoms with E-state index in [2.05, 4.69) is 13.8 Å². The number of thioether (sulfide) groups is 1. The van der Waals surface area contributed by atoms with Crippen molar-refractivity contribution in [1.29, 1.82) is 0 Å². The summed E-state index contributed by atoms with van der Waals surface area (Å²) in [6, 6.07) is 18.9. The zero-order valence-corrected chi connectivity index (χ0v) is 18.0. The van der Waals surface area contributed by atoms with E-state index in [1.54, 1.807) is 21.3 Å². The fourth-order valence-electron chi connectivity index (χ4n) is 3.56. The van der Waals surface area contributed by atoms with Gasteiger partial charge in [0.2, 0.25) is 0 Å². The summed E-state index contributed by atoms with van der Waals surface area (Å²) in [5.74, 6) is 0.438. The van der Waals surface area contributed by atoms with Gasteiger partial charge in [-0.05, 0) is 41.8 Å². The lowest BCUT2D eigenvalue weighted by Crippen LogP contribution is -2.23. The van der Waals surface area contributed by atoms with E-state index in [0.717, 1.165) is 11.3 Å². The average molecular weight is 418 g/mol. The summed E-state index contributed by atoms with van der Waals surface area (Å²) in [6.45, 7) is 4.20. The van der Waals surface area contributed by atoms with Gasteiger partial charge in [0.05, 0.1) is 28.0 Å². The second-order valence-corrected chi connectivity index (χ2v) is 8.42. The second-order valence-electron chi connectivity index (χ2n) is 7.48. The van der Waals surface area contributed by atoms with Crippen molar-refractivity contribution in [1.82, 2.24) is 14.1 Å². The van der Waals surface area contributed by atoms with Gasteiger partial charge in [-0.1, -0.05) is 55.9 Å². The van der Waals surface area contributed by atoms with Crippen LogP contribution in [-0.2, 0) is 7.05 Å². The van der Waals surface area contributed by atoms with Gasteiger partial charge in [-0.3, -0.25) is 14.2 Å². The lowest BCUT2D eigenvalue weighted by Gasteiger charge is -2.18. The van der Waals surface area contributed by atoms with Crippen molar-refractivity contribution < 1.29 is 4.79 Å². The maximum absolute atomic E-state index is 13.5. The molecule has 0 unspecified atom stereocenters. The molecular weight excluding hydrogens is 394 g/mol. The number of Topliss-reactive ketones (excluding diaryl/α,β-unsaturated/α-hetero) is 1. The molecule has 0 atom stereocenters. The lowest BCUT2D eigenvalue weighted by molar-refractivity contribution is 0.101. The predicted molar refractivity (Wildman–Crippen MR) is 122 cm³/mol. The fourth-order valence-corrected chi connectivity index (χ4v) is 4.44. The number of carbonyl (C=O) groups is 1. The summed E-state index contributed by atoms with van der Waals surface area (Å²) in [6.07, 6.45) is 1.85. The van der Waals surface area contributed by atoms with E-state index in [9.17, 15) is 9.59 Å². The van der Waals surface area contributed by atoms with E-state index >= 15 is 0 Å². The molecule has 0 saturated heterocycles. The topological polar surface area (TPSA) is 56.9 Å². The average Bonchev–Trinajstić information content (AvgIpc) is 3.18. The summed E-state index contributed by atoms with van der Waals surface area (Å²) >= 11 is 1.30. The Hall–Kier alpha value is -3.12. The Balaban J connectivity index is 1.84. The van der Waals surface area contributed by atoms with Gasteiger partial charge < -0.3 is 4.57 Å². The summed E-state index contributed by atoms with van der Waals surface area (Å²) in [5, 5.41) is 1.09. The monoisotopic (exact) mass is 417 g/mol. The number of carbonyl (C=O) groups excluding carboxylic acids is 1. The number of benzene rings is 2. The summed E-state index contributed by atoms with van der Waals surface area (Å²) in [7, 11) is 1.85. The van der Waals surface area contributed by atoms with E-state index in [0.29, 0.717) is 21.8 Å². The minimum atomic E-state index is -0.123. The molecule has 4 rings (SSSR count). The van der Waals surface area contributed by atoms with Crippen LogP contribution >= 0.6 is 11.8 Å². The van der Waals surface area contributed by atoms with Crippen molar-refractivity contribution in [2.24, 2.45) is 7.05 Å². The van der Waals surface area contributed by atoms with Crippen molar-refractivity contribution >= 4 is 28.4 Å². The third kappa shape index (κ3) is 3.71. The highest BCUT2D eigenvalue weighted by Crippen LogP contribution is 2.27. The Morgan fingerprint density at radius 1 is 1.03 bits per heavy atom. The molecule has 0 aliphatic heterocycles. The number of aromatic nitrogens is 3. The summed E-state index contributed by atoms with van der Waals surface area (Å²) in [5.41, 5.74) is 3.02. The molecule has 0 bridgehead atoms. The molecule has 6 heteroatoms. The Morgan fingerprint density at radius 3 is 2.50 bits per heavy atom. The molecule has 0 amide bonds. The Kier molecular flexibility index (Phi) is 5.59. The van der Waals surface area contributed by atoms with E-state index < -0.39 is 0 Å². The van der Waals surface area contributed by atoms with E-state index in [1.807, 2.05) is 61.8 Å². The highest BCUT2D eigenvalue weighted by atomic mass is 32.2. The molecule has 30 heavy (non-hydrogen) atoms. The normalized spacial score (nSPS) is 11.3. The minimum absolute atomic E-state index is 0.00129. The number of hydrogen-bond donors (Lipinski definition) is 0. The maximum atomic E-state index is 13.5. The molecule has 152 valence electrons. The molecule has 2 aromatic heterocycles. The zero-order valence-electron chi connectivity index (χ0n) is 17.2. The third-order valence-corrected chi connectivity index (χ3v) is 6.04. The number of fused-ring (bicyclic) bond motifs is 1. The van der Waals surface area contributed by atoms with Crippen LogP contribution in [0.4, 0.5) is 0 Å². The number of ketones is 1. The maximum Gasteiger partial charge on any atom is 0.266 e. The van der Waals surface area contributed by atoms with Gasteiger partial charge in [0, 0.05) is 13.2 Å². The van der Waals surface area contributed by atoms with Crippen LogP contribution in [0.25, 0.3) is 16.6 Å². The van der Waals surface area contributed by atoms with Gasteiger partial charge in [-0.2, -0.15) is 0 Å². The third-order valence-electron chi connectivity index (χ3n) is 5.11. The first-order valence-corrected chi connectivity index (χ1v) is 10.8. The van der Waals surface area contributed by atoms with Gasteiger partial charge in [-0.15, -0.1) is 0 Å². The molecule has 0 N–H and O–H groups in total. The molecular formula is C24H23N3O2S. The van der Waals surface area contributed by atoms with Crippen molar-refractivity contribution in [2.45, 2.75) is 24.9 Å².